The number of anilines is 4. The highest BCUT2D eigenvalue weighted by Gasteiger charge is 2.18. The molecule has 1 amide bonds. The number of amides is 1. The molecule has 11 heteroatoms. The zero-order valence-corrected chi connectivity index (χ0v) is 21.8. The maximum absolute atomic E-state index is 14.7. The van der Waals surface area contributed by atoms with Gasteiger partial charge in [0.1, 0.15) is 10.8 Å². The van der Waals surface area contributed by atoms with Crippen LogP contribution in [0.25, 0.3) is 0 Å². The van der Waals surface area contributed by atoms with Crippen molar-refractivity contribution in [2.45, 2.75) is 19.3 Å². The molecule has 1 aliphatic heterocycles. The number of ether oxygens (including phenoxy) is 1. The average molecular weight is 538 g/mol. The summed E-state index contributed by atoms with van der Waals surface area (Å²) in [6.45, 7) is 3.73. The van der Waals surface area contributed by atoms with Crippen molar-refractivity contribution >= 4 is 40.6 Å². The molecule has 1 aliphatic rings. The fraction of sp³-hybridized carbons (Fsp3) is 0.333. The van der Waals surface area contributed by atoms with Crippen molar-refractivity contribution in [2.24, 2.45) is 0 Å². The number of hydrogen-bond donors (Lipinski definition) is 3. The summed E-state index contributed by atoms with van der Waals surface area (Å²) in [5, 5.41) is 17.5. The van der Waals surface area contributed by atoms with Crippen LogP contribution in [0.3, 0.4) is 0 Å². The molecule has 0 spiro atoms. The number of nitrogens with zero attached hydrogens (tertiary/aromatic N) is 4. The summed E-state index contributed by atoms with van der Waals surface area (Å²) in [4.78, 5) is 23.7. The first-order valence-corrected chi connectivity index (χ1v) is 12.7. The zero-order chi connectivity index (χ0) is 26.9. The zero-order valence-electron chi connectivity index (χ0n) is 21.1. The van der Waals surface area contributed by atoms with Crippen LogP contribution >= 0.6 is 11.6 Å². The van der Waals surface area contributed by atoms with E-state index in [4.69, 9.17) is 21.6 Å². The maximum Gasteiger partial charge on any atom is 0.253 e. The molecule has 0 fully saturated rings. The lowest BCUT2D eigenvalue weighted by Crippen LogP contribution is -2.29. The normalized spacial score (nSPS) is 13.2. The van der Waals surface area contributed by atoms with Crippen molar-refractivity contribution in [3.63, 3.8) is 0 Å². The Kier molecular flexibility index (Phi) is 9.43. The lowest BCUT2D eigenvalue weighted by Gasteiger charge is -2.18. The highest BCUT2D eigenvalue weighted by atomic mass is 35.5. The van der Waals surface area contributed by atoms with E-state index in [-0.39, 0.29) is 41.0 Å². The number of aromatic nitrogens is 2. The fourth-order valence-electron chi connectivity index (χ4n) is 4.22. The van der Waals surface area contributed by atoms with Gasteiger partial charge in [0, 0.05) is 39.0 Å². The van der Waals surface area contributed by atoms with Crippen LogP contribution in [0.4, 0.5) is 27.5 Å². The van der Waals surface area contributed by atoms with Crippen LogP contribution in [0.5, 0.6) is 0 Å². The number of para-hydroxylation sites is 1. The maximum atomic E-state index is 14.7. The van der Waals surface area contributed by atoms with Crippen LogP contribution in [0.2, 0.25) is 5.02 Å². The van der Waals surface area contributed by atoms with Crippen LogP contribution in [-0.4, -0.2) is 60.7 Å². The topological polar surface area (TPSA) is 115 Å². The van der Waals surface area contributed by atoms with Gasteiger partial charge < -0.3 is 25.6 Å². The van der Waals surface area contributed by atoms with Crippen LogP contribution in [0, 0.1) is 17.1 Å². The SMILES string of the molecule is COCCN1CCc2ccc(Nc3ncc(Cl)c(Nc4c(F)cccc4C(=O)NCCC#N)n3)cc2CC1. The molecular weight excluding hydrogens is 509 g/mol. The van der Waals surface area contributed by atoms with Crippen molar-refractivity contribution in [3.8, 4) is 6.07 Å². The van der Waals surface area contributed by atoms with E-state index in [0.717, 1.165) is 38.2 Å². The summed E-state index contributed by atoms with van der Waals surface area (Å²) in [5.74, 6) is -0.753. The second-order valence-corrected chi connectivity index (χ2v) is 9.19. The summed E-state index contributed by atoms with van der Waals surface area (Å²) < 4.78 is 20.0. The lowest BCUT2D eigenvalue weighted by molar-refractivity contribution is 0.0955. The Hall–Kier alpha value is -3.78. The molecule has 3 N–H and O–H groups in total. The van der Waals surface area contributed by atoms with Gasteiger partial charge in [0.2, 0.25) is 5.95 Å². The number of rotatable bonds is 10. The molecule has 0 aliphatic carbocycles. The Balaban J connectivity index is 1.50. The number of hydrogen-bond acceptors (Lipinski definition) is 8. The molecule has 0 unspecified atom stereocenters. The number of halogens is 2. The van der Waals surface area contributed by atoms with E-state index in [1.165, 1.54) is 35.5 Å². The van der Waals surface area contributed by atoms with Crippen molar-refractivity contribution in [1.82, 2.24) is 20.2 Å². The molecule has 0 bridgehead atoms. The van der Waals surface area contributed by atoms with Gasteiger partial charge in [0.25, 0.3) is 5.91 Å². The predicted octanol–water partition coefficient (Wildman–Crippen LogP) is 4.45. The summed E-state index contributed by atoms with van der Waals surface area (Å²) in [5.41, 5.74) is 3.40. The van der Waals surface area contributed by atoms with Gasteiger partial charge >= 0.3 is 0 Å². The second kappa shape index (κ2) is 13.1. The molecule has 1 aromatic heterocycles. The van der Waals surface area contributed by atoms with E-state index in [1.54, 1.807) is 7.11 Å². The highest BCUT2D eigenvalue weighted by Crippen LogP contribution is 2.29. The third-order valence-corrected chi connectivity index (χ3v) is 6.51. The Morgan fingerprint density at radius 1 is 1.21 bits per heavy atom. The first kappa shape index (κ1) is 27.3. The Morgan fingerprint density at radius 2 is 2.03 bits per heavy atom. The number of carbonyl (C=O) groups excluding carboxylic acids is 1. The van der Waals surface area contributed by atoms with Crippen LogP contribution in [-0.2, 0) is 17.6 Å². The third-order valence-electron chi connectivity index (χ3n) is 6.24. The van der Waals surface area contributed by atoms with Crippen molar-refractivity contribution in [2.75, 3.05) is 50.5 Å². The molecule has 4 rings (SSSR count). The molecular formula is C27H29ClFN7O2. The highest BCUT2D eigenvalue weighted by molar-refractivity contribution is 6.33. The predicted molar refractivity (Wildman–Crippen MR) is 145 cm³/mol. The number of fused-ring (bicyclic) bond motifs is 1. The molecule has 198 valence electrons. The molecule has 38 heavy (non-hydrogen) atoms. The Labute approximate surface area is 226 Å². The minimum absolute atomic E-state index is 0.0671. The number of nitrogens with one attached hydrogen (secondary N) is 3. The average Bonchev–Trinajstić information content (AvgIpc) is 3.12. The van der Waals surface area contributed by atoms with Crippen molar-refractivity contribution < 1.29 is 13.9 Å². The van der Waals surface area contributed by atoms with E-state index >= 15 is 0 Å². The van der Waals surface area contributed by atoms with Gasteiger partial charge in [-0.15, -0.1) is 0 Å². The quantitative estimate of drug-likeness (QED) is 0.325. The van der Waals surface area contributed by atoms with E-state index in [0.29, 0.717) is 6.61 Å². The molecule has 0 saturated heterocycles. The smallest absolute Gasteiger partial charge is 0.253 e. The lowest BCUT2D eigenvalue weighted by atomic mass is 10.0. The molecule has 0 saturated carbocycles. The van der Waals surface area contributed by atoms with Gasteiger partial charge in [-0.05, 0) is 48.2 Å². The number of methoxy groups -OCH3 is 1. The largest absolute Gasteiger partial charge is 0.383 e. The van der Waals surface area contributed by atoms with Crippen molar-refractivity contribution in [3.05, 3.63) is 70.1 Å². The number of nitriles is 1. The van der Waals surface area contributed by atoms with E-state index < -0.39 is 11.7 Å². The van der Waals surface area contributed by atoms with Gasteiger partial charge in [-0.3, -0.25) is 4.79 Å². The Morgan fingerprint density at radius 3 is 2.82 bits per heavy atom. The first-order valence-electron chi connectivity index (χ1n) is 12.3. The minimum Gasteiger partial charge on any atom is -0.383 e. The van der Waals surface area contributed by atoms with Crippen LogP contribution < -0.4 is 16.0 Å². The molecule has 2 heterocycles. The summed E-state index contributed by atoms with van der Waals surface area (Å²) in [6.07, 6.45) is 3.45. The molecule has 2 aromatic carbocycles. The van der Waals surface area contributed by atoms with Gasteiger partial charge in [-0.1, -0.05) is 23.7 Å². The summed E-state index contributed by atoms with van der Waals surface area (Å²) in [7, 11) is 1.72. The molecule has 0 atom stereocenters. The van der Waals surface area contributed by atoms with Crippen LogP contribution in [0.15, 0.2) is 42.6 Å². The molecule has 3 aromatic rings. The molecule has 9 nitrogen and oxygen atoms in total. The van der Waals surface area contributed by atoms with Crippen LogP contribution in [0.1, 0.15) is 27.9 Å². The molecule has 0 radical (unpaired) electrons. The standard InChI is InChI=1S/C27H29ClFN7O2/c1-38-15-14-36-12-8-18-6-7-20(16-19(18)9-13-36)33-27-32-17-22(28)25(35-27)34-24-21(4-2-5-23(24)29)26(37)31-11-3-10-30/h2,4-7,16-17H,3,8-9,11-15H2,1H3,(H,31,37)(H2,32,33,34,35). The number of benzene rings is 2. The second-order valence-electron chi connectivity index (χ2n) is 8.78. The van der Waals surface area contributed by atoms with E-state index in [9.17, 15) is 9.18 Å². The van der Waals surface area contributed by atoms with E-state index in [2.05, 4.69) is 43.0 Å². The van der Waals surface area contributed by atoms with Gasteiger partial charge in [-0.25, -0.2) is 9.37 Å². The van der Waals surface area contributed by atoms with Gasteiger partial charge in [-0.2, -0.15) is 10.2 Å². The fourth-order valence-corrected chi connectivity index (χ4v) is 4.36. The minimum atomic E-state index is -0.646. The Bertz CT molecular complexity index is 1330. The monoisotopic (exact) mass is 537 g/mol. The first-order chi connectivity index (χ1) is 18.5. The van der Waals surface area contributed by atoms with E-state index in [1.807, 2.05) is 12.1 Å². The summed E-state index contributed by atoms with van der Waals surface area (Å²) in [6, 6.07) is 12.3. The van der Waals surface area contributed by atoms with Gasteiger partial charge in [0.15, 0.2) is 5.82 Å². The summed E-state index contributed by atoms with van der Waals surface area (Å²) >= 11 is 6.31. The van der Waals surface area contributed by atoms with Gasteiger partial charge in [0.05, 0.1) is 36.5 Å². The van der Waals surface area contributed by atoms with Crippen molar-refractivity contribution in [1.29, 1.82) is 5.26 Å². The third kappa shape index (κ3) is 6.95. The number of carbonyl (C=O) groups is 1.